The summed E-state index contributed by atoms with van der Waals surface area (Å²) >= 11 is 1.30. The molecule has 114 valence electrons. The molecule has 0 unspecified atom stereocenters. The van der Waals surface area contributed by atoms with Crippen molar-refractivity contribution in [3.05, 3.63) is 35.7 Å². The first kappa shape index (κ1) is 15.8. The smallest absolute Gasteiger partial charge is 0.396 e. The third kappa shape index (κ3) is 3.56. The molecular weight excluding hydrogens is 303 g/mol. The second-order valence-electron chi connectivity index (χ2n) is 4.31. The van der Waals surface area contributed by atoms with Crippen LogP contribution in [0.3, 0.4) is 0 Å². The van der Waals surface area contributed by atoms with E-state index in [1.807, 2.05) is 0 Å². The van der Waals surface area contributed by atoms with Crippen molar-refractivity contribution in [1.82, 2.24) is 14.8 Å². The lowest BCUT2D eigenvalue weighted by Crippen LogP contribution is -2.08. The van der Waals surface area contributed by atoms with Crippen molar-refractivity contribution in [2.45, 2.75) is 24.2 Å². The van der Waals surface area contributed by atoms with Crippen LogP contribution in [-0.2, 0) is 12.6 Å². The fourth-order valence-electron chi connectivity index (χ4n) is 1.91. The molecule has 0 spiro atoms. The van der Waals surface area contributed by atoms with Crippen molar-refractivity contribution in [2.75, 3.05) is 12.9 Å². The van der Waals surface area contributed by atoms with E-state index in [4.69, 9.17) is 5.11 Å². The Bertz CT molecular complexity index is 613. The van der Waals surface area contributed by atoms with Crippen LogP contribution in [0.4, 0.5) is 13.2 Å². The third-order valence-electron chi connectivity index (χ3n) is 2.87. The summed E-state index contributed by atoms with van der Waals surface area (Å²) in [6.45, 7) is -0.00987. The van der Waals surface area contributed by atoms with E-state index in [2.05, 4.69) is 10.2 Å². The number of thioether (sulfide) groups is 1. The third-order valence-corrected chi connectivity index (χ3v) is 3.50. The van der Waals surface area contributed by atoms with Crippen LogP contribution in [0, 0.1) is 0 Å². The zero-order valence-electron chi connectivity index (χ0n) is 11.3. The van der Waals surface area contributed by atoms with Gasteiger partial charge in [0.25, 0.3) is 0 Å². The lowest BCUT2D eigenvalue weighted by Gasteiger charge is -2.12. The molecule has 1 heterocycles. The van der Waals surface area contributed by atoms with Gasteiger partial charge in [-0.25, -0.2) is 0 Å². The number of aliphatic hydroxyl groups is 1. The molecule has 0 amide bonds. The minimum atomic E-state index is -4.39. The molecule has 2 aromatic rings. The molecule has 0 aliphatic carbocycles. The number of hydrogen-bond acceptors (Lipinski definition) is 4. The lowest BCUT2D eigenvalue weighted by atomic mass is 10.2. The minimum Gasteiger partial charge on any atom is -0.396 e. The van der Waals surface area contributed by atoms with Gasteiger partial charge in [-0.1, -0.05) is 17.8 Å². The molecule has 0 saturated carbocycles. The average Bonchev–Trinajstić information content (AvgIpc) is 2.87. The largest absolute Gasteiger partial charge is 0.416 e. The molecule has 4 nitrogen and oxygen atoms in total. The van der Waals surface area contributed by atoms with Crippen molar-refractivity contribution in [3.8, 4) is 5.69 Å². The predicted octanol–water partition coefficient (Wildman–Crippen LogP) is 2.93. The summed E-state index contributed by atoms with van der Waals surface area (Å²) in [7, 11) is 0. The minimum absolute atomic E-state index is 0.00987. The van der Waals surface area contributed by atoms with Gasteiger partial charge in [-0.05, 0) is 30.9 Å². The van der Waals surface area contributed by atoms with Gasteiger partial charge < -0.3 is 5.11 Å². The number of benzene rings is 1. The van der Waals surface area contributed by atoms with Crippen LogP contribution in [0.1, 0.15) is 17.8 Å². The van der Waals surface area contributed by atoms with Crippen LogP contribution in [-0.4, -0.2) is 32.7 Å². The highest BCUT2D eigenvalue weighted by molar-refractivity contribution is 7.98. The average molecular weight is 317 g/mol. The van der Waals surface area contributed by atoms with Gasteiger partial charge in [0, 0.05) is 18.7 Å². The van der Waals surface area contributed by atoms with E-state index >= 15 is 0 Å². The molecule has 1 N–H and O–H groups in total. The highest BCUT2D eigenvalue weighted by Crippen LogP contribution is 2.31. The summed E-state index contributed by atoms with van der Waals surface area (Å²) in [5.41, 5.74) is -0.346. The number of hydrogen-bond donors (Lipinski definition) is 1. The normalized spacial score (nSPS) is 11.9. The number of nitrogens with zero attached hydrogens (tertiary/aromatic N) is 3. The Morgan fingerprint density at radius 1 is 1.29 bits per heavy atom. The molecule has 1 aromatic heterocycles. The van der Waals surface area contributed by atoms with Crippen LogP contribution in [0.15, 0.2) is 29.4 Å². The number of aliphatic hydroxyl groups excluding tert-OH is 1. The van der Waals surface area contributed by atoms with Crippen LogP contribution in [0.5, 0.6) is 0 Å². The highest BCUT2D eigenvalue weighted by atomic mass is 32.2. The number of halogens is 3. The van der Waals surface area contributed by atoms with Crippen molar-refractivity contribution >= 4 is 11.8 Å². The monoisotopic (exact) mass is 317 g/mol. The van der Waals surface area contributed by atoms with Gasteiger partial charge in [-0.3, -0.25) is 4.57 Å². The van der Waals surface area contributed by atoms with Gasteiger partial charge in [0.2, 0.25) is 0 Å². The first-order valence-electron chi connectivity index (χ1n) is 6.24. The summed E-state index contributed by atoms with van der Waals surface area (Å²) in [5.74, 6) is 0.535. The molecule has 0 atom stereocenters. The van der Waals surface area contributed by atoms with Crippen LogP contribution >= 0.6 is 11.8 Å². The Balaban J connectivity index is 2.47. The summed E-state index contributed by atoms with van der Waals surface area (Å²) in [6.07, 6.45) is -1.69. The maximum atomic E-state index is 12.8. The highest BCUT2D eigenvalue weighted by Gasteiger charge is 2.30. The molecule has 0 aliphatic rings. The first-order chi connectivity index (χ1) is 9.97. The number of rotatable bonds is 5. The van der Waals surface area contributed by atoms with Gasteiger partial charge in [0.15, 0.2) is 5.16 Å². The summed E-state index contributed by atoms with van der Waals surface area (Å²) < 4.78 is 40.0. The Hall–Kier alpha value is -1.54. The Morgan fingerprint density at radius 3 is 2.67 bits per heavy atom. The lowest BCUT2D eigenvalue weighted by molar-refractivity contribution is -0.137. The molecular formula is C13H14F3N3OS. The summed E-state index contributed by atoms with van der Waals surface area (Å²) in [4.78, 5) is 0. The van der Waals surface area contributed by atoms with Crippen molar-refractivity contribution < 1.29 is 18.3 Å². The first-order valence-corrected chi connectivity index (χ1v) is 7.46. The standard InChI is InChI=1S/C13H14F3N3OS/c1-21-12-18-17-11(6-3-7-20)19(12)10-5-2-4-9(8-10)13(14,15)16/h2,4-5,8,20H,3,6-7H2,1H3. The van der Waals surface area contributed by atoms with E-state index in [1.54, 1.807) is 16.9 Å². The van der Waals surface area contributed by atoms with Crippen LogP contribution < -0.4 is 0 Å². The molecule has 8 heteroatoms. The maximum absolute atomic E-state index is 12.8. The van der Waals surface area contributed by atoms with Gasteiger partial charge >= 0.3 is 6.18 Å². The summed E-state index contributed by atoms with van der Waals surface area (Å²) in [5, 5.41) is 17.4. The number of aryl methyl sites for hydroxylation is 1. The maximum Gasteiger partial charge on any atom is 0.416 e. The SMILES string of the molecule is CSc1nnc(CCCO)n1-c1cccc(C(F)(F)F)c1. The Morgan fingerprint density at radius 2 is 2.05 bits per heavy atom. The summed E-state index contributed by atoms with van der Waals surface area (Å²) in [6, 6.07) is 5.05. The molecule has 1 aromatic carbocycles. The second kappa shape index (κ2) is 6.48. The zero-order valence-corrected chi connectivity index (χ0v) is 12.1. The Labute approximate surface area is 124 Å². The van der Waals surface area contributed by atoms with Crippen molar-refractivity contribution in [1.29, 1.82) is 0 Å². The van der Waals surface area contributed by atoms with E-state index in [1.165, 1.54) is 17.8 Å². The molecule has 21 heavy (non-hydrogen) atoms. The fraction of sp³-hybridized carbons (Fsp3) is 0.385. The van der Waals surface area contributed by atoms with Crippen LogP contribution in [0.2, 0.25) is 0 Å². The molecule has 0 fully saturated rings. The zero-order chi connectivity index (χ0) is 15.5. The quantitative estimate of drug-likeness (QED) is 0.862. The van der Waals surface area contributed by atoms with Gasteiger partial charge in [-0.2, -0.15) is 13.2 Å². The van der Waals surface area contributed by atoms with E-state index in [0.717, 1.165) is 12.1 Å². The fourth-order valence-corrected chi connectivity index (χ4v) is 2.43. The predicted molar refractivity (Wildman–Crippen MR) is 73.5 cm³/mol. The van der Waals surface area contributed by atoms with E-state index in [0.29, 0.717) is 29.5 Å². The van der Waals surface area contributed by atoms with Crippen LogP contribution in [0.25, 0.3) is 5.69 Å². The van der Waals surface area contributed by atoms with E-state index in [-0.39, 0.29) is 6.61 Å². The van der Waals surface area contributed by atoms with Gasteiger partial charge in [0.1, 0.15) is 5.82 Å². The van der Waals surface area contributed by atoms with Gasteiger partial charge in [0.05, 0.1) is 5.56 Å². The molecule has 2 rings (SSSR count). The van der Waals surface area contributed by atoms with Gasteiger partial charge in [-0.15, -0.1) is 10.2 Å². The second-order valence-corrected chi connectivity index (χ2v) is 5.09. The van der Waals surface area contributed by atoms with Crippen molar-refractivity contribution in [3.63, 3.8) is 0 Å². The van der Waals surface area contributed by atoms with Crippen molar-refractivity contribution in [2.24, 2.45) is 0 Å². The molecule has 0 saturated heterocycles. The molecule has 0 aliphatic heterocycles. The number of alkyl halides is 3. The molecule has 0 bridgehead atoms. The Kier molecular flexibility index (Phi) is 4.89. The van der Waals surface area contributed by atoms with E-state index < -0.39 is 11.7 Å². The topological polar surface area (TPSA) is 50.9 Å². The molecule has 0 radical (unpaired) electrons. The van der Waals surface area contributed by atoms with E-state index in [9.17, 15) is 13.2 Å². The number of aromatic nitrogens is 3.